The van der Waals surface area contributed by atoms with Gasteiger partial charge in [0.05, 0.1) is 6.61 Å². The maximum Gasteiger partial charge on any atom is 0.425 e. The minimum absolute atomic E-state index is 0.0675. The monoisotopic (exact) mass is 410 g/mol. The molecule has 0 aliphatic heterocycles. The van der Waals surface area contributed by atoms with Crippen LogP contribution in [0, 0.1) is 0 Å². The molecule has 0 fully saturated rings. The van der Waals surface area contributed by atoms with E-state index in [4.69, 9.17) is 18.9 Å². The molecule has 162 valence electrons. The molecule has 9 heteroatoms. The van der Waals surface area contributed by atoms with Gasteiger partial charge in [0, 0.05) is 12.3 Å². The average molecular weight is 410 g/mol. The van der Waals surface area contributed by atoms with Gasteiger partial charge in [0.2, 0.25) is 0 Å². The number of hydrogen-bond acceptors (Lipinski definition) is 8. The van der Waals surface area contributed by atoms with E-state index in [9.17, 15) is 14.4 Å². The topological polar surface area (TPSA) is 104 Å². The first kappa shape index (κ1) is 24.2. The Labute approximate surface area is 171 Å². The number of carbonyl (C=O) groups is 3. The number of esters is 1. The Morgan fingerprint density at radius 3 is 2.00 bits per heavy atom. The van der Waals surface area contributed by atoms with E-state index in [2.05, 4.69) is 4.98 Å². The van der Waals surface area contributed by atoms with Crippen LogP contribution in [-0.2, 0) is 19.0 Å². The molecule has 1 aromatic heterocycles. The Morgan fingerprint density at radius 2 is 1.55 bits per heavy atom. The summed E-state index contributed by atoms with van der Waals surface area (Å²) in [4.78, 5) is 41.8. The third-order valence-corrected chi connectivity index (χ3v) is 3.03. The van der Waals surface area contributed by atoms with Gasteiger partial charge in [-0.2, -0.15) is 4.90 Å². The number of rotatable bonds is 5. The first-order chi connectivity index (χ1) is 13.2. The van der Waals surface area contributed by atoms with E-state index in [1.54, 1.807) is 48.5 Å². The van der Waals surface area contributed by atoms with E-state index in [0.29, 0.717) is 4.90 Å². The van der Waals surface area contributed by atoms with Crippen molar-refractivity contribution in [3.05, 3.63) is 18.3 Å². The SMILES string of the molecule is CCOC(=O)C(C)Oc1ccnc(N(C(=O)OC(C)(C)C)C(=O)OC(C)(C)C)c1. The van der Waals surface area contributed by atoms with Gasteiger partial charge in [-0.05, 0) is 61.5 Å². The van der Waals surface area contributed by atoms with Crippen LogP contribution in [0.25, 0.3) is 0 Å². The lowest BCUT2D eigenvalue weighted by molar-refractivity contribution is -0.150. The summed E-state index contributed by atoms with van der Waals surface area (Å²) in [5, 5.41) is 0. The summed E-state index contributed by atoms with van der Waals surface area (Å²) >= 11 is 0. The zero-order chi connectivity index (χ0) is 22.4. The molecule has 1 aromatic rings. The van der Waals surface area contributed by atoms with Gasteiger partial charge in [0.25, 0.3) is 0 Å². The van der Waals surface area contributed by atoms with Crippen LogP contribution in [0.15, 0.2) is 18.3 Å². The quantitative estimate of drug-likeness (QED) is 0.528. The molecule has 0 saturated carbocycles. The van der Waals surface area contributed by atoms with Gasteiger partial charge in [0.15, 0.2) is 11.9 Å². The van der Waals surface area contributed by atoms with Crippen molar-refractivity contribution in [1.82, 2.24) is 4.98 Å². The van der Waals surface area contributed by atoms with E-state index < -0.39 is 35.5 Å². The highest BCUT2D eigenvalue weighted by molar-refractivity contribution is 6.08. The Kier molecular flexibility index (Phi) is 7.99. The molecule has 0 saturated heterocycles. The summed E-state index contributed by atoms with van der Waals surface area (Å²) in [7, 11) is 0. The number of imide groups is 1. The normalized spacial score (nSPS) is 12.6. The molecule has 0 spiro atoms. The highest BCUT2D eigenvalue weighted by Gasteiger charge is 2.34. The summed E-state index contributed by atoms with van der Waals surface area (Å²) in [6.45, 7) is 13.5. The van der Waals surface area contributed by atoms with Gasteiger partial charge in [-0.1, -0.05) is 0 Å². The van der Waals surface area contributed by atoms with Gasteiger partial charge in [-0.25, -0.2) is 19.4 Å². The van der Waals surface area contributed by atoms with Crippen molar-refractivity contribution in [3.63, 3.8) is 0 Å². The van der Waals surface area contributed by atoms with Crippen LogP contribution in [0.4, 0.5) is 15.4 Å². The van der Waals surface area contributed by atoms with Crippen molar-refractivity contribution in [3.8, 4) is 5.75 Å². The summed E-state index contributed by atoms with van der Waals surface area (Å²) in [6.07, 6.45) is -1.45. The molecule has 0 aromatic carbocycles. The lowest BCUT2D eigenvalue weighted by atomic mass is 10.2. The van der Waals surface area contributed by atoms with E-state index in [1.807, 2.05) is 0 Å². The highest BCUT2D eigenvalue weighted by atomic mass is 16.6. The van der Waals surface area contributed by atoms with Gasteiger partial charge >= 0.3 is 18.2 Å². The minimum atomic E-state index is -0.949. The molecule has 0 aliphatic carbocycles. The maximum absolute atomic E-state index is 12.7. The average Bonchev–Trinajstić information content (AvgIpc) is 2.52. The molecule has 1 rings (SSSR count). The number of nitrogens with zero attached hydrogens (tertiary/aromatic N) is 2. The number of aromatic nitrogens is 1. The van der Waals surface area contributed by atoms with E-state index in [-0.39, 0.29) is 18.2 Å². The molecule has 0 radical (unpaired) electrons. The molecule has 2 amide bonds. The summed E-state index contributed by atoms with van der Waals surface area (Å²) in [5.74, 6) is -0.392. The van der Waals surface area contributed by atoms with Crippen LogP contribution < -0.4 is 9.64 Å². The van der Waals surface area contributed by atoms with Crippen molar-refractivity contribution < 1.29 is 33.3 Å². The van der Waals surface area contributed by atoms with Crippen molar-refractivity contribution in [2.45, 2.75) is 72.7 Å². The van der Waals surface area contributed by atoms with Crippen molar-refractivity contribution >= 4 is 24.0 Å². The van der Waals surface area contributed by atoms with Crippen LogP contribution in [0.5, 0.6) is 5.75 Å². The summed E-state index contributed by atoms with van der Waals surface area (Å²) in [6, 6.07) is 2.82. The minimum Gasteiger partial charge on any atom is -0.479 e. The Bertz CT molecular complexity index is 707. The predicted molar refractivity (Wildman–Crippen MR) is 106 cm³/mol. The molecule has 1 atom stereocenters. The second-order valence-electron chi connectivity index (χ2n) is 8.16. The smallest absolute Gasteiger partial charge is 0.425 e. The Hall–Kier alpha value is -2.84. The fourth-order valence-electron chi connectivity index (χ4n) is 1.98. The number of ether oxygens (including phenoxy) is 4. The maximum atomic E-state index is 12.7. The van der Waals surface area contributed by atoms with Gasteiger partial charge in [0.1, 0.15) is 17.0 Å². The molecular weight excluding hydrogens is 380 g/mol. The lowest BCUT2D eigenvalue weighted by Crippen LogP contribution is -2.44. The third kappa shape index (κ3) is 8.37. The lowest BCUT2D eigenvalue weighted by Gasteiger charge is -2.28. The number of carbonyl (C=O) groups excluding carboxylic acids is 3. The molecule has 0 N–H and O–H groups in total. The van der Waals surface area contributed by atoms with Gasteiger partial charge in [-0.3, -0.25) is 0 Å². The molecule has 0 bridgehead atoms. The van der Waals surface area contributed by atoms with Crippen molar-refractivity contribution in [2.24, 2.45) is 0 Å². The standard InChI is InChI=1S/C20H30N2O7/c1-9-26-16(23)13(2)27-14-10-11-21-15(12-14)22(17(24)28-19(3,4)5)18(25)29-20(6,7)8/h10-13H,9H2,1-8H3. The van der Waals surface area contributed by atoms with E-state index in [1.165, 1.54) is 25.3 Å². The Balaban J connectivity index is 3.19. The van der Waals surface area contributed by atoms with E-state index >= 15 is 0 Å². The number of hydrogen-bond donors (Lipinski definition) is 0. The zero-order valence-electron chi connectivity index (χ0n) is 18.3. The summed E-state index contributed by atoms with van der Waals surface area (Å²) in [5.41, 5.74) is -1.69. The molecule has 29 heavy (non-hydrogen) atoms. The molecule has 1 heterocycles. The number of pyridine rings is 1. The van der Waals surface area contributed by atoms with Crippen LogP contribution >= 0.6 is 0 Å². The van der Waals surface area contributed by atoms with Crippen molar-refractivity contribution in [1.29, 1.82) is 0 Å². The first-order valence-electron chi connectivity index (χ1n) is 9.29. The summed E-state index contributed by atoms with van der Waals surface area (Å²) < 4.78 is 21.1. The second kappa shape index (κ2) is 9.58. The zero-order valence-corrected chi connectivity index (χ0v) is 18.3. The third-order valence-electron chi connectivity index (χ3n) is 3.03. The fourth-order valence-corrected chi connectivity index (χ4v) is 1.98. The van der Waals surface area contributed by atoms with Crippen LogP contribution in [0.1, 0.15) is 55.4 Å². The first-order valence-corrected chi connectivity index (χ1v) is 9.29. The molecule has 1 unspecified atom stereocenters. The van der Waals surface area contributed by atoms with Crippen molar-refractivity contribution in [2.75, 3.05) is 11.5 Å². The number of anilines is 1. The van der Waals surface area contributed by atoms with Crippen LogP contribution in [0.2, 0.25) is 0 Å². The van der Waals surface area contributed by atoms with Gasteiger partial charge in [-0.15, -0.1) is 0 Å². The van der Waals surface area contributed by atoms with E-state index in [0.717, 1.165) is 0 Å². The van der Waals surface area contributed by atoms with Crippen LogP contribution in [-0.4, -0.2) is 47.1 Å². The highest BCUT2D eigenvalue weighted by Crippen LogP contribution is 2.24. The largest absolute Gasteiger partial charge is 0.479 e. The molecular formula is C20H30N2O7. The number of amides is 2. The predicted octanol–water partition coefficient (Wildman–Crippen LogP) is 4.09. The fraction of sp³-hybridized carbons (Fsp3) is 0.600. The van der Waals surface area contributed by atoms with Crippen LogP contribution in [0.3, 0.4) is 0 Å². The molecule has 9 nitrogen and oxygen atoms in total. The Morgan fingerprint density at radius 1 is 1.03 bits per heavy atom. The second-order valence-corrected chi connectivity index (χ2v) is 8.16. The van der Waals surface area contributed by atoms with Gasteiger partial charge < -0.3 is 18.9 Å². The molecule has 0 aliphatic rings.